The number of rotatable bonds is 4. The molecule has 0 unspecified atom stereocenters. The first kappa shape index (κ1) is 13.8. The molecule has 0 aromatic heterocycles. The lowest BCUT2D eigenvalue weighted by Gasteiger charge is -2.17. The van der Waals surface area contributed by atoms with E-state index in [1.54, 1.807) is 12.1 Å². The highest BCUT2D eigenvalue weighted by molar-refractivity contribution is 9.10. The zero-order valence-corrected chi connectivity index (χ0v) is 11.8. The molecule has 4 heteroatoms. The normalized spacial score (nSPS) is 11.9. The highest BCUT2D eigenvalue weighted by Crippen LogP contribution is 2.18. The number of hydrogen-bond acceptors (Lipinski definition) is 2. The Morgan fingerprint density at radius 1 is 1.11 bits per heavy atom. The molecular formula is C15H14BrNO2. The highest BCUT2D eigenvalue weighted by Gasteiger charge is 2.16. The second kappa shape index (κ2) is 6.50. The molecule has 2 aromatic rings. The van der Waals surface area contributed by atoms with Gasteiger partial charge in [0.25, 0.3) is 5.91 Å². The average molecular weight is 320 g/mol. The fourth-order valence-electron chi connectivity index (χ4n) is 1.80. The first-order chi connectivity index (χ1) is 9.22. The van der Waals surface area contributed by atoms with Crippen molar-refractivity contribution in [3.63, 3.8) is 0 Å². The van der Waals surface area contributed by atoms with Gasteiger partial charge in [-0.1, -0.05) is 42.5 Å². The van der Waals surface area contributed by atoms with Crippen LogP contribution in [0.25, 0.3) is 0 Å². The van der Waals surface area contributed by atoms with Crippen molar-refractivity contribution in [2.24, 2.45) is 0 Å². The molecule has 2 rings (SSSR count). The molecule has 98 valence electrons. The lowest BCUT2D eigenvalue weighted by atomic mass is 10.1. The van der Waals surface area contributed by atoms with E-state index in [1.165, 1.54) is 0 Å². The van der Waals surface area contributed by atoms with Crippen molar-refractivity contribution in [1.82, 2.24) is 5.32 Å². The SMILES string of the molecule is O=C(N[C@@H](CO)c1ccccc1)c1ccccc1Br. The largest absolute Gasteiger partial charge is 0.394 e. The zero-order chi connectivity index (χ0) is 13.7. The van der Waals surface area contributed by atoms with E-state index in [1.807, 2.05) is 42.5 Å². The molecule has 0 radical (unpaired) electrons. The van der Waals surface area contributed by atoms with E-state index in [-0.39, 0.29) is 12.5 Å². The van der Waals surface area contributed by atoms with Crippen LogP contribution < -0.4 is 5.32 Å². The number of nitrogens with one attached hydrogen (secondary N) is 1. The van der Waals surface area contributed by atoms with E-state index < -0.39 is 6.04 Å². The Balaban J connectivity index is 2.16. The Kier molecular flexibility index (Phi) is 4.71. The second-order valence-corrected chi connectivity index (χ2v) is 4.95. The monoisotopic (exact) mass is 319 g/mol. The maximum atomic E-state index is 12.2. The molecule has 0 fully saturated rings. The summed E-state index contributed by atoms with van der Waals surface area (Å²) >= 11 is 3.34. The van der Waals surface area contributed by atoms with E-state index in [9.17, 15) is 9.90 Å². The van der Waals surface area contributed by atoms with Gasteiger partial charge in [0.15, 0.2) is 0 Å². The summed E-state index contributed by atoms with van der Waals surface area (Å²) in [5.74, 6) is -0.213. The lowest BCUT2D eigenvalue weighted by Crippen LogP contribution is -2.30. The number of carbonyl (C=O) groups excluding carboxylic acids is 1. The van der Waals surface area contributed by atoms with E-state index in [2.05, 4.69) is 21.2 Å². The molecule has 2 aromatic carbocycles. The lowest BCUT2D eigenvalue weighted by molar-refractivity contribution is 0.0915. The summed E-state index contributed by atoms with van der Waals surface area (Å²) < 4.78 is 0.734. The number of halogens is 1. The second-order valence-electron chi connectivity index (χ2n) is 4.10. The van der Waals surface area contributed by atoms with Crippen LogP contribution in [0.1, 0.15) is 22.0 Å². The first-order valence-corrected chi connectivity index (χ1v) is 6.73. The van der Waals surface area contributed by atoms with E-state index in [0.29, 0.717) is 5.56 Å². The van der Waals surface area contributed by atoms with Gasteiger partial charge in [-0.05, 0) is 33.6 Å². The number of amides is 1. The third-order valence-corrected chi connectivity index (χ3v) is 3.50. The quantitative estimate of drug-likeness (QED) is 0.910. The van der Waals surface area contributed by atoms with Gasteiger partial charge in [-0.25, -0.2) is 0 Å². The third-order valence-electron chi connectivity index (χ3n) is 2.81. The minimum Gasteiger partial charge on any atom is -0.394 e. The molecule has 0 spiro atoms. The van der Waals surface area contributed by atoms with Crippen LogP contribution in [0.4, 0.5) is 0 Å². The number of benzene rings is 2. The molecule has 0 saturated heterocycles. The van der Waals surface area contributed by atoms with Crippen LogP contribution >= 0.6 is 15.9 Å². The zero-order valence-electron chi connectivity index (χ0n) is 10.2. The summed E-state index contributed by atoms with van der Waals surface area (Å²) in [6.45, 7) is -0.139. The standard InChI is InChI=1S/C15H14BrNO2/c16-13-9-5-4-8-12(13)15(19)17-14(10-18)11-6-2-1-3-7-11/h1-9,14,18H,10H2,(H,17,19)/t14-/m0/s1. The van der Waals surface area contributed by atoms with Gasteiger partial charge in [0.1, 0.15) is 0 Å². The minimum absolute atomic E-state index is 0.139. The number of hydrogen-bond donors (Lipinski definition) is 2. The Labute approximate surface area is 120 Å². The number of carbonyl (C=O) groups is 1. The van der Waals surface area contributed by atoms with E-state index in [4.69, 9.17) is 0 Å². The Morgan fingerprint density at radius 3 is 2.37 bits per heavy atom. The topological polar surface area (TPSA) is 49.3 Å². The van der Waals surface area contributed by atoms with Crippen LogP contribution in [-0.4, -0.2) is 17.6 Å². The van der Waals surface area contributed by atoms with Crippen LogP contribution in [0.15, 0.2) is 59.1 Å². The van der Waals surface area contributed by atoms with Gasteiger partial charge in [-0.15, -0.1) is 0 Å². The summed E-state index contributed by atoms with van der Waals surface area (Å²) in [7, 11) is 0. The highest BCUT2D eigenvalue weighted by atomic mass is 79.9. The minimum atomic E-state index is -0.402. The summed E-state index contributed by atoms with van der Waals surface area (Å²) in [5.41, 5.74) is 1.43. The van der Waals surface area contributed by atoms with Crippen LogP contribution in [0, 0.1) is 0 Å². The third kappa shape index (κ3) is 3.43. The van der Waals surface area contributed by atoms with Crippen molar-refractivity contribution in [2.45, 2.75) is 6.04 Å². The predicted octanol–water partition coefficient (Wildman–Crippen LogP) is 2.91. The van der Waals surface area contributed by atoms with Crippen molar-refractivity contribution in [1.29, 1.82) is 0 Å². The van der Waals surface area contributed by atoms with Gasteiger partial charge in [-0.3, -0.25) is 4.79 Å². The molecule has 19 heavy (non-hydrogen) atoms. The summed E-state index contributed by atoms with van der Waals surface area (Å²) in [4.78, 5) is 12.2. The van der Waals surface area contributed by atoms with Crippen molar-refractivity contribution < 1.29 is 9.90 Å². The first-order valence-electron chi connectivity index (χ1n) is 5.93. The summed E-state index contributed by atoms with van der Waals surface area (Å²) in [6.07, 6.45) is 0. The Morgan fingerprint density at radius 2 is 1.74 bits per heavy atom. The van der Waals surface area contributed by atoms with Crippen molar-refractivity contribution in [3.8, 4) is 0 Å². The van der Waals surface area contributed by atoms with Crippen LogP contribution in [0.5, 0.6) is 0 Å². The fourth-order valence-corrected chi connectivity index (χ4v) is 2.27. The van der Waals surface area contributed by atoms with Gasteiger partial charge >= 0.3 is 0 Å². The smallest absolute Gasteiger partial charge is 0.252 e. The molecule has 0 bridgehead atoms. The maximum Gasteiger partial charge on any atom is 0.252 e. The Bertz CT molecular complexity index is 557. The van der Waals surface area contributed by atoms with Crippen molar-refractivity contribution in [3.05, 3.63) is 70.2 Å². The van der Waals surface area contributed by atoms with Gasteiger partial charge in [0.05, 0.1) is 18.2 Å². The molecule has 0 aliphatic rings. The predicted molar refractivity (Wildman–Crippen MR) is 77.9 cm³/mol. The molecule has 0 aliphatic heterocycles. The van der Waals surface area contributed by atoms with Crippen LogP contribution in [-0.2, 0) is 0 Å². The molecule has 3 nitrogen and oxygen atoms in total. The van der Waals surface area contributed by atoms with Crippen molar-refractivity contribution in [2.75, 3.05) is 6.61 Å². The summed E-state index contributed by atoms with van der Waals surface area (Å²) in [5, 5.41) is 12.2. The molecule has 1 atom stereocenters. The number of aliphatic hydroxyl groups is 1. The Hall–Kier alpha value is -1.65. The molecule has 0 saturated carbocycles. The molecule has 0 aliphatic carbocycles. The van der Waals surface area contributed by atoms with Gasteiger partial charge in [0, 0.05) is 4.47 Å². The van der Waals surface area contributed by atoms with Gasteiger partial charge in [0.2, 0.25) is 0 Å². The number of aliphatic hydroxyl groups excluding tert-OH is 1. The molecular weight excluding hydrogens is 306 g/mol. The maximum absolute atomic E-state index is 12.2. The van der Waals surface area contributed by atoms with Crippen LogP contribution in [0.3, 0.4) is 0 Å². The van der Waals surface area contributed by atoms with Crippen LogP contribution in [0.2, 0.25) is 0 Å². The van der Waals surface area contributed by atoms with Gasteiger partial charge < -0.3 is 10.4 Å². The molecule has 2 N–H and O–H groups in total. The van der Waals surface area contributed by atoms with Gasteiger partial charge in [-0.2, -0.15) is 0 Å². The molecule has 0 heterocycles. The van der Waals surface area contributed by atoms with E-state index in [0.717, 1.165) is 10.0 Å². The van der Waals surface area contributed by atoms with E-state index >= 15 is 0 Å². The van der Waals surface area contributed by atoms with Crippen molar-refractivity contribution >= 4 is 21.8 Å². The molecule has 1 amide bonds. The average Bonchev–Trinajstić information content (AvgIpc) is 2.46. The summed E-state index contributed by atoms with van der Waals surface area (Å²) in [6, 6.07) is 16.2. The fraction of sp³-hybridized carbons (Fsp3) is 0.133.